The summed E-state index contributed by atoms with van der Waals surface area (Å²) in [7, 11) is 0. The van der Waals surface area contributed by atoms with Crippen molar-refractivity contribution in [2.45, 2.75) is 6.54 Å². The molecule has 3 rings (SSSR count). The van der Waals surface area contributed by atoms with Crippen LogP contribution < -0.4 is 15.5 Å². The van der Waals surface area contributed by atoms with Crippen molar-refractivity contribution in [3.05, 3.63) is 59.2 Å². The summed E-state index contributed by atoms with van der Waals surface area (Å²) in [6.45, 7) is 1.40. The maximum atomic E-state index is 14.4. The number of hydrogen-bond acceptors (Lipinski definition) is 4. The lowest BCUT2D eigenvalue weighted by molar-refractivity contribution is -0.120. The number of nitrogens with zero attached hydrogens (tertiary/aromatic N) is 2. The molecule has 0 aromatic heterocycles. The Balaban J connectivity index is 1.69. The number of halogens is 2. The van der Waals surface area contributed by atoms with Gasteiger partial charge in [0.05, 0.1) is 29.6 Å². The van der Waals surface area contributed by atoms with Crippen LogP contribution in [0.3, 0.4) is 0 Å². The fraction of sp³-hybridized carbons (Fsp3) is 0.222. The number of carbonyl (C=O) groups is 1. The van der Waals surface area contributed by atoms with Crippen molar-refractivity contribution >= 4 is 17.3 Å². The number of piperazine rings is 1. The highest BCUT2D eigenvalue weighted by Gasteiger charge is 2.19. The fourth-order valence-electron chi connectivity index (χ4n) is 2.69. The van der Waals surface area contributed by atoms with Gasteiger partial charge in [0.25, 0.3) is 0 Å². The van der Waals surface area contributed by atoms with E-state index in [9.17, 15) is 13.6 Å². The molecule has 2 aromatic carbocycles. The van der Waals surface area contributed by atoms with Crippen molar-refractivity contribution in [1.82, 2.24) is 5.32 Å². The summed E-state index contributed by atoms with van der Waals surface area (Å²) >= 11 is 0. The Morgan fingerprint density at radius 3 is 2.72 bits per heavy atom. The molecule has 0 radical (unpaired) electrons. The molecule has 1 heterocycles. The first kappa shape index (κ1) is 16.7. The first-order valence-corrected chi connectivity index (χ1v) is 7.80. The summed E-state index contributed by atoms with van der Waals surface area (Å²) < 4.78 is 28.2. The van der Waals surface area contributed by atoms with Gasteiger partial charge in [-0.05, 0) is 35.9 Å². The van der Waals surface area contributed by atoms with Gasteiger partial charge in [0.2, 0.25) is 5.91 Å². The quantitative estimate of drug-likeness (QED) is 0.895. The SMILES string of the molecule is N#Cc1ccc(NCc2ccc(N3CCNC(=O)C3)c(F)c2)c(F)c1. The summed E-state index contributed by atoms with van der Waals surface area (Å²) in [6.07, 6.45) is 0. The maximum absolute atomic E-state index is 14.4. The van der Waals surface area contributed by atoms with Crippen molar-refractivity contribution in [3.8, 4) is 6.07 Å². The second kappa shape index (κ2) is 7.18. The lowest BCUT2D eigenvalue weighted by Gasteiger charge is -2.29. The zero-order chi connectivity index (χ0) is 17.8. The Morgan fingerprint density at radius 2 is 2.04 bits per heavy atom. The van der Waals surface area contributed by atoms with Crippen molar-refractivity contribution in [3.63, 3.8) is 0 Å². The molecule has 0 aliphatic carbocycles. The first-order valence-electron chi connectivity index (χ1n) is 7.80. The number of nitriles is 1. The second-order valence-electron chi connectivity index (χ2n) is 5.72. The van der Waals surface area contributed by atoms with E-state index in [1.54, 1.807) is 17.0 Å². The van der Waals surface area contributed by atoms with Crippen LogP contribution in [0.4, 0.5) is 20.2 Å². The van der Waals surface area contributed by atoms with E-state index in [4.69, 9.17) is 5.26 Å². The van der Waals surface area contributed by atoms with Crippen LogP contribution in [0.2, 0.25) is 0 Å². The molecule has 1 saturated heterocycles. The third kappa shape index (κ3) is 3.86. The predicted molar refractivity (Wildman–Crippen MR) is 90.1 cm³/mol. The molecule has 128 valence electrons. The normalized spacial score (nSPS) is 14.0. The molecular weight excluding hydrogens is 326 g/mol. The molecule has 25 heavy (non-hydrogen) atoms. The van der Waals surface area contributed by atoms with Gasteiger partial charge < -0.3 is 15.5 Å². The Kier molecular flexibility index (Phi) is 4.80. The Hall–Kier alpha value is -3.14. The Labute approximate surface area is 143 Å². The predicted octanol–water partition coefficient (Wildman–Crippen LogP) is 2.38. The molecule has 7 heteroatoms. The third-order valence-corrected chi connectivity index (χ3v) is 3.97. The molecule has 2 aromatic rings. The molecule has 1 amide bonds. The standard InChI is InChI=1S/C18H16F2N4O/c19-14-7-12(9-21)1-3-16(14)23-10-13-2-4-17(15(20)8-13)24-6-5-22-18(25)11-24/h1-4,7-8,23H,5-6,10-11H2,(H,22,25). The van der Waals surface area contributed by atoms with Crippen molar-refractivity contribution in [2.24, 2.45) is 0 Å². The van der Waals surface area contributed by atoms with Crippen LogP contribution in [-0.2, 0) is 11.3 Å². The molecular formula is C18H16F2N4O. The van der Waals surface area contributed by atoms with E-state index in [-0.39, 0.29) is 30.2 Å². The molecule has 5 nitrogen and oxygen atoms in total. The van der Waals surface area contributed by atoms with Crippen LogP contribution in [0, 0.1) is 23.0 Å². The van der Waals surface area contributed by atoms with Gasteiger partial charge in [-0.1, -0.05) is 6.07 Å². The average Bonchev–Trinajstić information content (AvgIpc) is 2.60. The van der Waals surface area contributed by atoms with Gasteiger partial charge in [-0.2, -0.15) is 5.26 Å². The molecule has 2 N–H and O–H groups in total. The number of anilines is 2. The van der Waals surface area contributed by atoms with Gasteiger partial charge in [-0.15, -0.1) is 0 Å². The van der Waals surface area contributed by atoms with Crippen LogP contribution in [0.1, 0.15) is 11.1 Å². The second-order valence-corrected chi connectivity index (χ2v) is 5.72. The maximum Gasteiger partial charge on any atom is 0.239 e. The minimum atomic E-state index is -0.532. The molecule has 1 fully saturated rings. The van der Waals surface area contributed by atoms with E-state index in [2.05, 4.69) is 10.6 Å². The van der Waals surface area contributed by atoms with E-state index in [1.807, 2.05) is 6.07 Å². The molecule has 0 unspecified atom stereocenters. The van der Waals surface area contributed by atoms with Crippen LogP contribution in [-0.4, -0.2) is 25.5 Å². The number of nitrogens with one attached hydrogen (secondary N) is 2. The van der Waals surface area contributed by atoms with Crippen molar-refractivity contribution in [1.29, 1.82) is 5.26 Å². The highest BCUT2D eigenvalue weighted by Crippen LogP contribution is 2.22. The van der Waals surface area contributed by atoms with E-state index >= 15 is 0 Å². The zero-order valence-corrected chi connectivity index (χ0v) is 13.4. The minimum absolute atomic E-state index is 0.130. The lowest BCUT2D eigenvalue weighted by Crippen LogP contribution is -2.48. The Bertz CT molecular complexity index is 847. The number of rotatable bonds is 4. The van der Waals surface area contributed by atoms with Gasteiger partial charge in [0.1, 0.15) is 11.6 Å². The summed E-state index contributed by atoms with van der Waals surface area (Å²) in [6, 6.07) is 10.7. The number of benzene rings is 2. The molecule has 1 aliphatic rings. The molecule has 0 saturated carbocycles. The van der Waals surface area contributed by atoms with E-state index in [0.717, 1.165) is 6.07 Å². The van der Waals surface area contributed by atoms with E-state index in [1.165, 1.54) is 18.2 Å². The highest BCUT2D eigenvalue weighted by molar-refractivity contribution is 5.82. The summed E-state index contributed by atoms with van der Waals surface area (Å²) in [4.78, 5) is 13.1. The lowest BCUT2D eigenvalue weighted by atomic mass is 10.1. The van der Waals surface area contributed by atoms with Crippen LogP contribution in [0.5, 0.6) is 0 Å². The van der Waals surface area contributed by atoms with Gasteiger partial charge in [-0.25, -0.2) is 8.78 Å². The first-order chi connectivity index (χ1) is 12.1. The van der Waals surface area contributed by atoms with Crippen LogP contribution in [0.25, 0.3) is 0 Å². The number of amides is 1. The summed E-state index contributed by atoms with van der Waals surface area (Å²) in [5.41, 5.74) is 1.51. The van der Waals surface area contributed by atoms with Crippen molar-refractivity contribution in [2.75, 3.05) is 29.9 Å². The molecule has 0 bridgehead atoms. The summed E-state index contributed by atoms with van der Waals surface area (Å²) in [5, 5.41) is 14.3. The largest absolute Gasteiger partial charge is 0.379 e. The number of hydrogen-bond donors (Lipinski definition) is 2. The minimum Gasteiger partial charge on any atom is -0.379 e. The molecule has 0 spiro atoms. The monoisotopic (exact) mass is 342 g/mol. The topological polar surface area (TPSA) is 68.2 Å². The smallest absolute Gasteiger partial charge is 0.239 e. The van der Waals surface area contributed by atoms with Gasteiger partial charge in [0.15, 0.2) is 0 Å². The molecule has 1 aliphatic heterocycles. The average molecular weight is 342 g/mol. The van der Waals surface area contributed by atoms with Crippen LogP contribution >= 0.6 is 0 Å². The van der Waals surface area contributed by atoms with Crippen molar-refractivity contribution < 1.29 is 13.6 Å². The van der Waals surface area contributed by atoms with Gasteiger partial charge in [0, 0.05) is 19.6 Å². The van der Waals surface area contributed by atoms with E-state index < -0.39 is 11.6 Å². The van der Waals surface area contributed by atoms with E-state index in [0.29, 0.717) is 24.3 Å². The van der Waals surface area contributed by atoms with Crippen LogP contribution in [0.15, 0.2) is 36.4 Å². The fourth-order valence-corrected chi connectivity index (χ4v) is 2.69. The molecule has 0 atom stereocenters. The van der Waals surface area contributed by atoms with Gasteiger partial charge in [-0.3, -0.25) is 4.79 Å². The Morgan fingerprint density at radius 1 is 1.20 bits per heavy atom. The summed E-state index contributed by atoms with van der Waals surface area (Å²) in [5.74, 6) is -1.09. The third-order valence-electron chi connectivity index (χ3n) is 3.97. The number of carbonyl (C=O) groups excluding carboxylic acids is 1. The zero-order valence-electron chi connectivity index (χ0n) is 13.4. The van der Waals surface area contributed by atoms with Gasteiger partial charge >= 0.3 is 0 Å². The highest BCUT2D eigenvalue weighted by atomic mass is 19.1.